The summed E-state index contributed by atoms with van der Waals surface area (Å²) in [6.45, 7) is 4.22. The number of anilines is 1. The number of hydrogen-bond acceptors (Lipinski definition) is 4. The average molecular weight is 439 g/mol. The Morgan fingerprint density at radius 1 is 1.03 bits per heavy atom. The van der Waals surface area contributed by atoms with Crippen LogP contribution in [-0.2, 0) is 9.59 Å². The van der Waals surface area contributed by atoms with Crippen molar-refractivity contribution < 1.29 is 14.4 Å². The molecule has 6 heteroatoms. The van der Waals surface area contributed by atoms with Crippen molar-refractivity contribution in [1.82, 2.24) is 4.90 Å². The molecule has 1 unspecified atom stereocenters. The molecule has 31 heavy (non-hydrogen) atoms. The molecule has 5 nitrogen and oxygen atoms in total. The molecule has 3 amide bonds. The predicted molar refractivity (Wildman–Crippen MR) is 123 cm³/mol. The Labute approximate surface area is 188 Å². The minimum absolute atomic E-state index is 0.00196. The molecule has 0 radical (unpaired) electrons. The van der Waals surface area contributed by atoms with Crippen LogP contribution in [0.3, 0.4) is 0 Å². The van der Waals surface area contributed by atoms with Crippen LogP contribution < -0.4 is 4.90 Å². The highest BCUT2D eigenvalue weighted by Gasteiger charge is 2.46. The molecule has 1 aliphatic carbocycles. The third-order valence-corrected chi connectivity index (χ3v) is 7.32. The first-order chi connectivity index (χ1) is 15.0. The molecule has 1 saturated carbocycles. The number of benzene rings is 1. The fraction of sp³-hybridized carbons (Fsp3) is 0.480. The van der Waals surface area contributed by atoms with Gasteiger partial charge in [0.1, 0.15) is 6.04 Å². The van der Waals surface area contributed by atoms with Crippen LogP contribution in [0.2, 0.25) is 0 Å². The van der Waals surface area contributed by atoms with E-state index >= 15 is 0 Å². The Bertz CT molecular complexity index is 928. The lowest BCUT2D eigenvalue weighted by molar-refractivity contribution is -0.123. The van der Waals surface area contributed by atoms with E-state index in [2.05, 4.69) is 13.8 Å². The molecule has 1 saturated heterocycles. The summed E-state index contributed by atoms with van der Waals surface area (Å²) in [4.78, 5) is 43.6. The molecule has 0 N–H and O–H groups in total. The largest absolute Gasteiger partial charge is 0.322 e. The fourth-order valence-electron chi connectivity index (χ4n) is 4.74. The zero-order valence-electron chi connectivity index (χ0n) is 18.3. The molecular formula is C25H30N2O3S. The van der Waals surface area contributed by atoms with Crippen molar-refractivity contribution in [2.24, 2.45) is 0 Å². The second kappa shape index (κ2) is 9.35. The molecule has 2 aromatic rings. The number of thiophene rings is 1. The van der Waals surface area contributed by atoms with Crippen LogP contribution in [0.25, 0.3) is 0 Å². The number of amides is 3. The van der Waals surface area contributed by atoms with Crippen molar-refractivity contribution in [3.63, 3.8) is 0 Å². The molecule has 2 fully saturated rings. The third-order valence-electron chi connectivity index (χ3n) is 6.46. The van der Waals surface area contributed by atoms with Crippen LogP contribution in [0.5, 0.6) is 0 Å². The lowest BCUT2D eigenvalue weighted by Crippen LogP contribution is -2.50. The standard InChI is InChI=1S/C25H30N2O3S/c1-17(2)18-11-13-20(14-12-18)27-23(28)16-21(24(27)29)26(19-8-5-3-4-6-9-19)25(30)22-10-7-15-31-22/h7,10-15,17,19,21H,3-6,8-9,16H2,1-2H3. The zero-order chi connectivity index (χ0) is 22.0. The van der Waals surface area contributed by atoms with Gasteiger partial charge in [0, 0.05) is 6.04 Å². The molecule has 1 aromatic carbocycles. The van der Waals surface area contributed by atoms with E-state index in [9.17, 15) is 14.4 Å². The van der Waals surface area contributed by atoms with Gasteiger partial charge < -0.3 is 4.90 Å². The summed E-state index contributed by atoms with van der Waals surface area (Å²) in [7, 11) is 0. The van der Waals surface area contributed by atoms with E-state index in [0.717, 1.165) is 44.1 Å². The Hall–Kier alpha value is -2.47. The van der Waals surface area contributed by atoms with Crippen LogP contribution in [0.4, 0.5) is 5.69 Å². The highest BCUT2D eigenvalue weighted by atomic mass is 32.1. The Balaban J connectivity index is 1.64. The second-order valence-electron chi connectivity index (χ2n) is 8.87. The molecule has 2 heterocycles. The van der Waals surface area contributed by atoms with Gasteiger partial charge in [-0.3, -0.25) is 14.4 Å². The number of imide groups is 1. The minimum atomic E-state index is -0.727. The highest BCUT2D eigenvalue weighted by Crippen LogP contribution is 2.33. The summed E-state index contributed by atoms with van der Waals surface area (Å²) in [5, 5.41) is 1.88. The van der Waals surface area contributed by atoms with Crippen LogP contribution in [0.1, 0.15) is 79.9 Å². The topological polar surface area (TPSA) is 57.7 Å². The third kappa shape index (κ3) is 4.45. The van der Waals surface area contributed by atoms with Gasteiger partial charge in [-0.25, -0.2) is 4.90 Å². The first-order valence-electron chi connectivity index (χ1n) is 11.3. The van der Waals surface area contributed by atoms with E-state index in [4.69, 9.17) is 0 Å². The van der Waals surface area contributed by atoms with Gasteiger partial charge in [0.15, 0.2) is 0 Å². The van der Waals surface area contributed by atoms with Crippen molar-refractivity contribution in [2.75, 3.05) is 4.90 Å². The number of hydrogen-bond donors (Lipinski definition) is 0. The van der Waals surface area contributed by atoms with Gasteiger partial charge in [0.25, 0.3) is 11.8 Å². The van der Waals surface area contributed by atoms with Gasteiger partial charge in [-0.1, -0.05) is 57.7 Å². The lowest BCUT2D eigenvalue weighted by atomic mass is 10.0. The van der Waals surface area contributed by atoms with E-state index in [1.807, 2.05) is 35.7 Å². The monoisotopic (exact) mass is 438 g/mol. The van der Waals surface area contributed by atoms with Gasteiger partial charge in [-0.2, -0.15) is 0 Å². The molecule has 1 atom stereocenters. The molecule has 1 aliphatic heterocycles. The number of carbonyl (C=O) groups is 3. The molecule has 0 bridgehead atoms. The lowest BCUT2D eigenvalue weighted by Gasteiger charge is -2.34. The van der Waals surface area contributed by atoms with Gasteiger partial charge in [-0.15, -0.1) is 11.3 Å². The molecule has 4 rings (SSSR count). The fourth-order valence-corrected chi connectivity index (χ4v) is 5.41. The van der Waals surface area contributed by atoms with E-state index in [0.29, 0.717) is 16.5 Å². The van der Waals surface area contributed by atoms with Crippen molar-refractivity contribution in [2.45, 2.75) is 76.8 Å². The second-order valence-corrected chi connectivity index (χ2v) is 9.82. The number of nitrogens with zero attached hydrogens (tertiary/aromatic N) is 2. The highest BCUT2D eigenvalue weighted by molar-refractivity contribution is 7.12. The Morgan fingerprint density at radius 2 is 1.71 bits per heavy atom. The summed E-state index contributed by atoms with van der Waals surface area (Å²) in [5.74, 6) is -0.257. The van der Waals surface area contributed by atoms with Crippen LogP contribution in [0, 0.1) is 0 Å². The SMILES string of the molecule is CC(C)c1ccc(N2C(=O)CC(N(C(=O)c3cccs3)C3CCCCCC3)C2=O)cc1. The Kier molecular flexibility index (Phi) is 6.56. The summed E-state index contributed by atoms with van der Waals surface area (Å²) in [6, 6.07) is 10.5. The van der Waals surface area contributed by atoms with Crippen molar-refractivity contribution in [1.29, 1.82) is 0 Å². The quantitative estimate of drug-likeness (QED) is 0.466. The van der Waals surface area contributed by atoms with Crippen LogP contribution >= 0.6 is 11.3 Å². The van der Waals surface area contributed by atoms with E-state index in [-0.39, 0.29) is 30.2 Å². The maximum atomic E-state index is 13.5. The van der Waals surface area contributed by atoms with Crippen molar-refractivity contribution in [3.05, 3.63) is 52.2 Å². The number of carbonyl (C=O) groups excluding carboxylic acids is 3. The number of rotatable bonds is 5. The average Bonchev–Trinajstić information content (AvgIpc) is 3.30. The zero-order valence-corrected chi connectivity index (χ0v) is 19.1. The normalized spacial score (nSPS) is 20.4. The van der Waals surface area contributed by atoms with Gasteiger partial charge in [0.2, 0.25) is 5.91 Å². The van der Waals surface area contributed by atoms with Gasteiger partial charge in [0.05, 0.1) is 17.0 Å². The van der Waals surface area contributed by atoms with E-state index < -0.39 is 6.04 Å². The summed E-state index contributed by atoms with van der Waals surface area (Å²) in [6.07, 6.45) is 6.24. The molecule has 2 aliphatic rings. The van der Waals surface area contributed by atoms with E-state index in [1.165, 1.54) is 16.2 Å². The Morgan fingerprint density at radius 3 is 2.29 bits per heavy atom. The minimum Gasteiger partial charge on any atom is -0.322 e. The maximum Gasteiger partial charge on any atom is 0.264 e. The molecule has 1 aromatic heterocycles. The van der Waals surface area contributed by atoms with Crippen LogP contribution in [0.15, 0.2) is 41.8 Å². The predicted octanol–water partition coefficient (Wildman–Crippen LogP) is 5.37. The first kappa shape index (κ1) is 21.8. The van der Waals surface area contributed by atoms with Crippen molar-refractivity contribution in [3.8, 4) is 0 Å². The molecular weight excluding hydrogens is 408 g/mol. The molecule has 164 valence electrons. The van der Waals surface area contributed by atoms with Crippen molar-refractivity contribution >= 4 is 34.7 Å². The first-order valence-corrected chi connectivity index (χ1v) is 12.2. The summed E-state index contributed by atoms with van der Waals surface area (Å²) >= 11 is 1.39. The van der Waals surface area contributed by atoms with Gasteiger partial charge in [-0.05, 0) is 47.9 Å². The summed E-state index contributed by atoms with van der Waals surface area (Å²) < 4.78 is 0. The van der Waals surface area contributed by atoms with Crippen LogP contribution in [-0.4, -0.2) is 34.7 Å². The summed E-state index contributed by atoms with van der Waals surface area (Å²) in [5.41, 5.74) is 1.75. The van der Waals surface area contributed by atoms with Gasteiger partial charge >= 0.3 is 0 Å². The smallest absolute Gasteiger partial charge is 0.264 e. The molecule has 0 spiro atoms. The van der Waals surface area contributed by atoms with E-state index in [1.54, 1.807) is 11.0 Å². The maximum absolute atomic E-state index is 13.5.